The Bertz CT molecular complexity index is 634. The van der Waals surface area contributed by atoms with Gasteiger partial charge in [0.15, 0.2) is 0 Å². The quantitative estimate of drug-likeness (QED) is 0.832. The van der Waals surface area contributed by atoms with Crippen LogP contribution in [0.5, 0.6) is 0 Å². The van der Waals surface area contributed by atoms with Crippen molar-refractivity contribution in [2.75, 3.05) is 37.6 Å². The lowest BCUT2D eigenvalue weighted by molar-refractivity contribution is -0.138. The molecule has 0 aromatic carbocycles. The minimum atomic E-state index is -0.0161. The molecule has 3 aliphatic rings. The van der Waals surface area contributed by atoms with Crippen LogP contribution < -0.4 is 10.2 Å². The zero-order chi connectivity index (χ0) is 16.0. The molecule has 2 amide bonds. The summed E-state index contributed by atoms with van der Waals surface area (Å²) in [6, 6.07) is 0. The molecule has 7 heteroatoms. The Balaban J connectivity index is 1.39. The Morgan fingerprint density at radius 3 is 2.78 bits per heavy atom. The standard InChI is InChI=1S/C16H23N5O2/c1-19-10-12(9-18-19)21-7-6-20(11-14(21)22)15(23)13-8-16(13)2-4-17-5-3-16/h9-10,13,17H,2-8,11H2,1H3. The Morgan fingerprint density at radius 1 is 1.35 bits per heavy atom. The van der Waals surface area contributed by atoms with E-state index in [1.165, 1.54) is 0 Å². The van der Waals surface area contributed by atoms with E-state index < -0.39 is 0 Å². The number of hydrogen-bond acceptors (Lipinski definition) is 4. The molecule has 3 heterocycles. The molecule has 2 saturated heterocycles. The van der Waals surface area contributed by atoms with Crippen LogP contribution in [-0.2, 0) is 16.6 Å². The number of carbonyl (C=O) groups excluding carboxylic acids is 2. The molecule has 124 valence electrons. The lowest BCUT2D eigenvalue weighted by Gasteiger charge is -2.34. The van der Waals surface area contributed by atoms with Crippen LogP contribution in [0.1, 0.15) is 19.3 Å². The van der Waals surface area contributed by atoms with Crippen LogP contribution in [0, 0.1) is 11.3 Å². The lowest BCUT2D eigenvalue weighted by Crippen LogP contribution is -2.53. The van der Waals surface area contributed by atoms with Crippen LogP contribution in [-0.4, -0.2) is 59.2 Å². The summed E-state index contributed by atoms with van der Waals surface area (Å²) in [6.07, 6.45) is 6.71. The van der Waals surface area contributed by atoms with Crippen molar-refractivity contribution in [2.45, 2.75) is 19.3 Å². The van der Waals surface area contributed by atoms with Crippen LogP contribution in [0.3, 0.4) is 0 Å². The predicted molar refractivity (Wildman–Crippen MR) is 84.8 cm³/mol. The van der Waals surface area contributed by atoms with Gasteiger partial charge in [-0.3, -0.25) is 14.3 Å². The number of hydrogen-bond donors (Lipinski definition) is 1. The molecule has 1 aliphatic carbocycles. The second kappa shape index (κ2) is 5.33. The molecule has 1 aromatic heterocycles. The minimum absolute atomic E-state index is 0.0161. The Hall–Kier alpha value is -1.89. The van der Waals surface area contributed by atoms with Gasteiger partial charge in [-0.15, -0.1) is 0 Å². The van der Waals surface area contributed by atoms with E-state index in [4.69, 9.17) is 0 Å². The largest absolute Gasteiger partial charge is 0.331 e. The molecule has 1 spiro atoms. The maximum absolute atomic E-state index is 12.7. The Labute approximate surface area is 135 Å². The van der Waals surface area contributed by atoms with Crippen molar-refractivity contribution >= 4 is 17.5 Å². The Morgan fingerprint density at radius 2 is 2.13 bits per heavy atom. The average Bonchev–Trinajstić information content (AvgIpc) is 3.05. The van der Waals surface area contributed by atoms with Gasteiger partial charge in [-0.25, -0.2) is 0 Å². The summed E-state index contributed by atoms with van der Waals surface area (Å²) in [4.78, 5) is 28.6. The van der Waals surface area contributed by atoms with E-state index in [1.54, 1.807) is 20.7 Å². The van der Waals surface area contributed by atoms with Gasteiger partial charge in [0, 0.05) is 32.3 Å². The average molecular weight is 317 g/mol. The van der Waals surface area contributed by atoms with Gasteiger partial charge in [-0.2, -0.15) is 5.10 Å². The van der Waals surface area contributed by atoms with Crippen molar-refractivity contribution in [2.24, 2.45) is 18.4 Å². The predicted octanol–water partition coefficient (Wildman–Crippen LogP) is -0.0150. The highest BCUT2D eigenvalue weighted by Crippen LogP contribution is 2.59. The fourth-order valence-electron chi connectivity index (χ4n) is 4.08. The minimum Gasteiger partial charge on any atom is -0.331 e. The molecule has 4 rings (SSSR count). The molecule has 1 N–H and O–H groups in total. The van der Waals surface area contributed by atoms with Crippen molar-refractivity contribution in [3.63, 3.8) is 0 Å². The first-order valence-corrected chi connectivity index (χ1v) is 8.38. The van der Waals surface area contributed by atoms with E-state index in [-0.39, 0.29) is 29.7 Å². The maximum Gasteiger partial charge on any atom is 0.246 e. The summed E-state index contributed by atoms with van der Waals surface area (Å²) in [7, 11) is 1.83. The van der Waals surface area contributed by atoms with Gasteiger partial charge in [-0.05, 0) is 37.8 Å². The second-order valence-corrected chi connectivity index (χ2v) is 7.05. The number of nitrogens with one attached hydrogen (secondary N) is 1. The van der Waals surface area contributed by atoms with Crippen LogP contribution in [0.2, 0.25) is 0 Å². The zero-order valence-electron chi connectivity index (χ0n) is 13.5. The molecule has 1 saturated carbocycles. The summed E-state index contributed by atoms with van der Waals surface area (Å²) in [5.41, 5.74) is 1.04. The molecule has 7 nitrogen and oxygen atoms in total. The first kappa shape index (κ1) is 14.7. The van der Waals surface area contributed by atoms with Crippen molar-refractivity contribution in [1.82, 2.24) is 20.0 Å². The number of piperazine rings is 1. The van der Waals surface area contributed by atoms with Crippen molar-refractivity contribution in [3.05, 3.63) is 12.4 Å². The highest BCUT2D eigenvalue weighted by molar-refractivity contribution is 5.98. The number of carbonyl (C=O) groups is 2. The third kappa shape index (κ3) is 2.52. The SMILES string of the molecule is Cn1cc(N2CCN(C(=O)C3CC34CCNCC4)CC2=O)cn1. The van der Waals surface area contributed by atoms with E-state index in [1.807, 2.05) is 13.2 Å². The monoisotopic (exact) mass is 317 g/mol. The highest BCUT2D eigenvalue weighted by Gasteiger charge is 2.58. The molecular weight excluding hydrogens is 294 g/mol. The van der Waals surface area contributed by atoms with Gasteiger partial charge >= 0.3 is 0 Å². The van der Waals surface area contributed by atoms with E-state index in [2.05, 4.69) is 10.4 Å². The van der Waals surface area contributed by atoms with Crippen molar-refractivity contribution in [1.29, 1.82) is 0 Å². The van der Waals surface area contributed by atoms with Crippen LogP contribution >= 0.6 is 0 Å². The van der Waals surface area contributed by atoms with Crippen LogP contribution in [0.15, 0.2) is 12.4 Å². The molecule has 23 heavy (non-hydrogen) atoms. The van der Waals surface area contributed by atoms with E-state index in [9.17, 15) is 9.59 Å². The number of piperidine rings is 1. The van der Waals surface area contributed by atoms with Crippen LogP contribution in [0.25, 0.3) is 0 Å². The number of aromatic nitrogens is 2. The number of amides is 2. The summed E-state index contributed by atoms with van der Waals surface area (Å²) < 4.78 is 1.69. The van der Waals surface area contributed by atoms with Gasteiger partial charge in [0.1, 0.15) is 6.54 Å². The first-order chi connectivity index (χ1) is 11.1. The van der Waals surface area contributed by atoms with Gasteiger partial charge in [0.2, 0.25) is 11.8 Å². The van der Waals surface area contributed by atoms with E-state index >= 15 is 0 Å². The fraction of sp³-hybridized carbons (Fsp3) is 0.688. The van der Waals surface area contributed by atoms with Crippen molar-refractivity contribution in [3.8, 4) is 0 Å². The smallest absolute Gasteiger partial charge is 0.246 e. The lowest BCUT2D eigenvalue weighted by atomic mass is 9.91. The third-order valence-corrected chi connectivity index (χ3v) is 5.62. The normalized spacial score (nSPS) is 26.7. The summed E-state index contributed by atoms with van der Waals surface area (Å²) in [5, 5.41) is 7.47. The van der Waals surface area contributed by atoms with Crippen molar-refractivity contribution < 1.29 is 9.59 Å². The van der Waals surface area contributed by atoms with Crippen LogP contribution in [0.4, 0.5) is 5.69 Å². The second-order valence-electron chi connectivity index (χ2n) is 7.05. The molecule has 1 unspecified atom stereocenters. The summed E-state index contributed by atoms with van der Waals surface area (Å²) in [5.74, 6) is 0.311. The van der Waals surface area contributed by atoms with Gasteiger partial charge in [0.05, 0.1) is 11.9 Å². The molecular formula is C16H23N5O2. The number of anilines is 1. The fourth-order valence-corrected chi connectivity index (χ4v) is 4.08. The number of rotatable bonds is 2. The molecule has 3 fully saturated rings. The van der Waals surface area contributed by atoms with Gasteiger partial charge in [-0.1, -0.05) is 0 Å². The number of aryl methyl sites for hydroxylation is 1. The third-order valence-electron chi connectivity index (χ3n) is 5.62. The summed E-state index contributed by atoms with van der Waals surface area (Å²) in [6.45, 7) is 3.38. The number of nitrogens with zero attached hydrogens (tertiary/aromatic N) is 4. The molecule has 0 bridgehead atoms. The molecule has 1 atom stereocenters. The van der Waals surface area contributed by atoms with Gasteiger partial charge in [0.25, 0.3) is 0 Å². The summed E-state index contributed by atoms with van der Waals surface area (Å²) >= 11 is 0. The topological polar surface area (TPSA) is 70.5 Å². The van der Waals surface area contributed by atoms with E-state index in [0.29, 0.717) is 13.1 Å². The Kier molecular flexibility index (Phi) is 3.41. The van der Waals surface area contributed by atoms with Gasteiger partial charge < -0.3 is 15.1 Å². The molecule has 2 aliphatic heterocycles. The zero-order valence-corrected chi connectivity index (χ0v) is 13.5. The maximum atomic E-state index is 12.7. The molecule has 0 radical (unpaired) electrons. The molecule has 1 aromatic rings. The first-order valence-electron chi connectivity index (χ1n) is 8.38. The van der Waals surface area contributed by atoms with E-state index in [0.717, 1.165) is 38.0 Å². The highest BCUT2D eigenvalue weighted by atomic mass is 16.2.